The molecule has 2 heterocycles. The van der Waals surface area contributed by atoms with Crippen LogP contribution < -0.4 is 10.6 Å². The van der Waals surface area contributed by atoms with Crippen LogP contribution in [0.15, 0.2) is 77.3 Å². The number of nitrogens with two attached hydrogens (primary N) is 1. The molecule has 1 unspecified atom stereocenters. The maximum absolute atomic E-state index is 13.4. The van der Waals surface area contributed by atoms with Crippen molar-refractivity contribution >= 4 is 23.6 Å². The van der Waals surface area contributed by atoms with Crippen LogP contribution in [-0.2, 0) is 40.6 Å². The summed E-state index contributed by atoms with van der Waals surface area (Å²) < 4.78 is 15.9. The number of benzene rings is 2. The lowest BCUT2D eigenvalue weighted by molar-refractivity contribution is -0.146. The highest BCUT2D eigenvalue weighted by Crippen LogP contribution is 2.53. The molecule has 1 spiro atoms. The number of carbonyl (C=O) groups excluding carboxylic acids is 3. The molecule has 0 fully saturated rings. The fourth-order valence-electron chi connectivity index (χ4n) is 4.26. The number of fused-ring (bicyclic) bond motifs is 2. The second-order valence-corrected chi connectivity index (χ2v) is 7.46. The van der Waals surface area contributed by atoms with Crippen molar-refractivity contribution in [1.82, 2.24) is 0 Å². The first-order valence-corrected chi connectivity index (χ1v) is 9.90. The van der Waals surface area contributed by atoms with Gasteiger partial charge in [0.05, 0.1) is 7.11 Å². The van der Waals surface area contributed by atoms with E-state index in [1.54, 1.807) is 36.2 Å². The summed E-state index contributed by atoms with van der Waals surface area (Å²) in [6.45, 7) is 1.47. The van der Waals surface area contributed by atoms with Crippen LogP contribution >= 0.6 is 0 Å². The standard InChI is InChI=1S/C24H22N2O6/c1-14-18(22(28)31-13-15-9-5-4-6-10-15)24(23(29)32-14)16-11-7-8-12-17(16)26(2)20(25)19(24)21(27)30-3/h4-12H,13,25H2,1-3H3. The first-order valence-electron chi connectivity index (χ1n) is 9.90. The molecule has 0 amide bonds. The monoisotopic (exact) mass is 434 g/mol. The summed E-state index contributed by atoms with van der Waals surface area (Å²) in [6.07, 6.45) is 0. The van der Waals surface area contributed by atoms with Crippen LogP contribution in [0.4, 0.5) is 5.69 Å². The van der Waals surface area contributed by atoms with Gasteiger partial charge in [0, 0.05) is 18.3 Å². The highest BCUT2D eigenvalue weighted by atomic mass is 16.6. The van der Waals surface area contributed by atoms with E-state index in [0.29, 0.717) is 11.3 Å². The number of esters is 3. The molecule has 2 N–H and O–H groups in total. The quantitative estimate of drug-likeness (QED) is 0.577. The Hall–Kier alpha value is -4.07. The van der Waals surface area contributed by atoms with Gasteiger partial charge in [-0.2, -0.15) is 0 Å². The van der Waals surface area contributed by atoms with Crippen LogP contribution in [0.2, 0.25) is 0 Å². The number of hydrogen-bond donors (Lipinski definition) is 1. The second-order valence-electron chi connectivity index (χ2n) is 7.46. The van der Waals surface area contributed by atoms with E-state index in [9.17, 15) is 14.4 Å². The summed E-state index contributed by atoms with van der Waals surface area (Å²) in [5.74, 6) is -2.42. The molecule has 0 radical (unpaired) electrons. The van der Waals surface area contributed by atoms with Crippen molar-refractivity contribution < 1.29 is 28.6 Å². The third-order valence-corrected chi connectivity index (χ3v) is 5.75. The molecule has 2 aliphatic heterocycles. The van der Waals surface area contributed by atoms with Crippen molar-refractivity contribution in [1.29, 1.82) is 0 Å². The number of hydrogen-bond acceptors (Lipinski definition) is 8. The van der Waals surface area contributed by atoms with Gasteiger partial charge in [-0.1, -0.05) is 48.5 Å². The van der Waals surface area contributed by atoms with Crippen molar-refractivity contribution in [3.8, 4) is 0 Å². The Morgan fingerprint density at radius 1 is 1.03 bits per heavy atom. The van der Waals surface area contributed by atoms with Gasteiger partial charge in [0.15, 0.2) is 5.41 Å². The van der Waals surface area contributed by atoms with Crippen molar-refractivity contribution in [3.63, 3.8) is 0 Å². The van der Waals surface area contributed by atoms with Gasteiger partial charge in [0.2, 0.25) is 0 Å². The number of allylic oxidation sites excluding steroid dienone is 1. The summed E-state index contributed by atoms with van der Waals surface area (Å²) in [7, 11) is 2.84. The molecule has 4 rings (SSSR count). The lowest BCUT2D eigenvalue weighted by atomic mass is 9.66. The smallest absolute Gasteiger partial charge is 0.339 e. The van der Waals surface area contributed by atoms with Crippen LogP contribution in [0.1, 0.15) is 18.1 Å². The number of rotatable bonds is 4. The Balaban J connectivity index is 1.91. The van der Waals surface area contributed by atoms with Crippen LogP contribution in [0.5, 0.6) is 0 Å². The Bertz CT molecular complexity index is 1180. The third kappa shape index (κ3) is 2.95. The fourth-order valence-corrected chi connectivity index (χ4v) is 4.26. The average molecular weight is 434 g/mol. The van der Waals surface area contributed by atoms with Gasteiger partial charge in [-0.3, -0.25) is 0 Å². The zero-order valence-electron chi connectivity index (χ0n) is 17.9. The molecule has 32 heavy (non-hydrogen) atoms. The summed E-state index contributed by atoms with van der Waals surface area (Å²) in [5.41, 5.74) is 5.84. The van der Waals surface area contributed by atoms with Gasteiger partial charge in [-0.25, -0.2) is 14.4 Å². The molecule has 0 aliphatic carbocycles. The molecule has 164 valence electrons. The molecule has 0 aromatic heterocycles. The van der Waals surface area contributed by atoms with E-state index in [0.717, 1.165) is 5.56 Å². The van der Waals surface area contributed by atoms with E-state index in [4.69, 9.17) is 19.9 Å². The van der Waals surface area contributed by atoms with Gasteiger partial charge in [0.1, 0.15) is 29.3 Å². The number of cyclic esters (lactones) is 1. The van der Waals surface area contributed by atoms with Crippen molar-refractivity contribution in [2.24, 2.45) is 5.73 Å². The summed E-state index contributed by atoms with van der Waals surface area (Å²) >= 11 is 0. The van der Waals surface area contributed by atoms with Crippen LogP contribution in [0, 0.1) is 0 Å². The van der Waals surface area contributed by atoms with Gasteiger partial charge in [-0.05, 0) is 18.6 Å². The largest absolute Gasteiger partial charge is 0.466 e. The molecule has 2 aromatic carbocycles. The minimum absolute atomic E-state index is 0.0180. The first-order chi connectivity index (χ1) is 15.3. The Morgan fingerprint density at radius 2 is 1.69 bits per heavy atom. The topological polar surface area (TPSA) is 108 Å². The summed E-state index contributed by atoms with van der Waals surface area (Å²) in [5, 5.41) is 0. The Morgan fingerprint density at radius 3 is 2.38 bits per heavy atom. The minimum atomic E-state index is -1.90. The normalized spacial score (nSPS) is 19.7. The van der Waals surface area contributed by atoms with Crippen LogP contribution in [0.3, 0.4) is 0 Å². The molecular formula is C24H22N2O6. The molecule has 0 saturated heterocycles. The first kappa shape index (κ1) is 21.2. The van der Waals surface area contributed by atoms with E-state index in [-0.39, 0.29) is 29.3 Å². The zero-order valence-corrected chi connectivity index (χ0v) is 17.9. The Kier molecular flexibility index (Phi) is 5.22. The molecule has 8 heteroatoms. The van der Waals surface area contributed by atoms with E-state index >= 15 is 0 Å². The maximum Gasteiger partial charge on any atom is 0.339 e. The predicted octanol–water partition coefficient (Wildman–Crippen LogP) is 2.29. The Labute approximate surface area is 184 Å². The van der Waals surface area contributed by atoms with Crippen LogP contribution in [0.25, 0.3) is 0 Å². The van der Waals surface area contributed by atoms with Gasteiger partial charge < -0.3 is 24.8 Å². The molecule has 0 bridgehead atoms. The highest BCUT2D eigenvalue weighted by Gasteiger charge is 2.63. The molecule has 8 nitrogen and oxygen atoms in total. The van der Waals surface area contributed by atoms with E-state index in [1.807, 2.05) is 30.3 Å². The van der Waals surface area contributed by atoms with E-state index in [1.165, 1.54) is 14.0 Å². The number of para-hydroxylation sites is 1. The van der Waals surface area contributed by atoms with Gasteiger partial charge in [0.25, 0.3) is 0 Å². The minimum Gasteiger partial charge on any atom is -0.466 e. The fraction of sp³-hybridized carbons (Fsp3) is 0.208. The third-order valence-electron chi connectivity index (χ3n) is 5.75. The zero-order chi connectivity index (χ0) is 23.0. The average Bonchev–Trinajstić information content (AvgIpc) is 3.06. The number of nitrogens with zero attached hydrogens (tertiary/aromatic N) is 1. The molecule has 0 saturated carbocycles. The lowest BCUT2D eigenvalue weighted by Gasteiger charge is -2.39. The number of ether oxygens (including phenoxy) is 3. The van der Waals surface area contributed by atoms with Crippen molar-refractivity contribution in [2.45, 2.75) is 18.9 Å². The number of anilines is 1. The number of carbonyl (C=O) groups is 3. The van der Waals surface area contributed by atoms with Crippen molar-refractivity contribution in [2.75, 3.05) is 19.1 Å². The van der Waals surface area contributed by atoms with Crippen LogP contribution in [-0.4, -0.2) is 32.1 Å². The van der Waals surface area contributed by atoms with E-state index < -0.39 is 23.3 Å². The maximum atomic E-state index is 13.4. The summed E-state index contributed by atoms with van der Waals surface area (Å²) in [6, 6.07) is 16.0. The van der Waals surface area contributed by atoms with E-state index in [2.05, 4.69) is 0 Å². The summed E-state index contributed by atoms with van der Waals surface area (Å²) in [4.78, 5) is 41.3. The lowest BCUT2D eigenvalue weighted by Crippen LogP contribution is -2.49. The predicted molar refractivity (Wildman–Crippen MR) is 115 cm³/mol. The molecule has 2 aromatic rings. The highest BCUT2D eigenvalue weighted by molar-refractivity contribution is 6.16. The van der Waals surface area contributed by atoms with Crippen molar-refractivity contribution in [3.05, 3.63) is 88.5 Å². The second kappa shape index (κ2) is 7.88. The molecule has 1 atom stereocenters. The van der Waals surface area contributed by atoms with Gasteiger partial charge in [-0.15, -0.1) is 0 Å². The molecular weight excluding hydrogens is 412 g/mol. The SMILES string of the molecule is COC(=O)C1=C(N)N(C)c2ccccc2C12C(=O)OC(C)=C2C(=O)OCc1ccccc1. The number of methoxy groups -OCH3 is 1. The van der Waals surface area contributed by atoms with Gasteiger partial charge >= 0.3 is 17.9 Å². The molecule has 2 aliphatic rings.